The first-order valence-electron chi connectivity index (χ1n) is 30.0. The number of benzene rings is 8. The van der Waals surface area contributed by atoms with Gasteiger partial charge in [0.25, 0.3) is 6.71 Å². The maximum atomic E-state index is 2.76. The van der Waals surface area contributed by atoms with Crippen LogP contribution in [0.5, 0.6) is 0 Å². The highest BCUT2D eigenvalue weighted by atomic mass is 32.1. The molecule has 14 rings (SSSR count). The van der Waals surface area contributed by atoms with Crippen LogP contribution in [0.4, 0.5) is 34.1 Å². The summed E-state index contributed by atoms with van der Waals surface area (Å²) in [5, 5.41) is 6.96. The molecule has 0 spiro atoms. The van der Waals surface area contributed by atoms with E-state index in [1.807, 2.05) is 0 Å². The van der Waals surface area contributed by atoms with E-state index in [2.05, 4.69) is 281 Å². The second-order valence-corrected chi connectivity index (χ2v) is 33.8. The quantitative estimate of drug-likeness (QED) is 0.121. The number of nitrogens with zero attached hydrogens (tertiary/aromatic N) is 2. The Balaban J connectivity index is 1.07. The van der Waals surface area contributed by atoms with Crippen LogP contribution in [0.3, 0.4) is 0 Å². The molecule has 0 bridgehead atoms. The molecule has 9 aromatic rings. The molecule has 3 aliphatic carbocycles. The first-order valence-corrected chi connectivity index (χ1v) is 32.8. The Bertz CT molecular complexity index is 3880. The van der Waals surface area contributed by atoms with Crippen LogP contribution >= 0.6 is 11.3 Å². The van der Waals surface area contributed by atoms with Gasteiger partial charge in [-0.05, 0) is 203 Å². The molecule has 0 saturated carbocycles. The van der Waals surface area contributed by atoms with E-state index in [0.717, 1.165) is 6.42 Å². The van der Waals surface area contributed by atoms with Crippen molar-refractivity contribution in [3.63, 3.8) is 0 Å². The van der Waals surface area contributed by atoms with Crippen molar-refractivity contribution >= 4 is 107 Å². The van der Waals surface area contributed by atoms with Gasteiger partial charge in [0.05, 0.1) is 5.69 Å². The van der Waals surface area contributed by atoms with Crippen molar-refractivity contribution in [1.29, 1.82) is 0 Å². The Morgan fingerprint density at radius 1 is 0.388 bits per heavy atom. The van der Waals surface area contributed by atoms with Gasteiger partial charge < -0.3 is 9.80 Å². The van der Waals surface area contributed by atoms with Crippen LogP contribution in [-0.4, -0.2) is 14.8 Å². The predicted octanol–water partition coefficient (Wildman–Crippen LogP) is 15.7. The zero-order chi connectivity index (χ0) is 55.7. The number of aryl methyl sites for hydroxylation is 1. The van der Waals surface area contributed by atoms with Crippen LogP contribution < -0.4 is 46.2 Å². The molecule has 80 heavy (non-hydrogen) atoms. The van der Waals surface area contributed by atoms with Crippen LogP contribution in [-0.2, 0) is 32.5 Å². The maximum Gasteiger partial charge on any atom is 0.264 e. The van der Waals surface area contributed by atoms with Gasteiger partial charge in [-0.1, -0.05) is 198 Å². The van der Waals surface area contributed by atoms with Crippen molar-refractivity contribution in [2.24, 2.45) is 0 Å². The minimum Gasteiger partial charge on any atom is -0.311 e. The third-order valence-electron chi connectivity index (χ3n) is 21.0. The lowest BCUT2D eigenvalue weighted by Gasteiger charge is -2.47. The monoisotopic (exact) mass is 1080 g/mol. The molecule has 2 aliphatic heterocycles. The highest BCUT2D eigenvalue weighted by Crippen LogP contribution is 2.55. The van der Waals surface area contributed by atoms with Gasteiger partial charge in [-0.3, -0.25) is 0 Å². The Morgan fingerprint density at radius 3 is 1.31 bits per heavy atom. The summed E-state index contributed by atoms with van der Waals surface area (Å²) >= 11 is 2.08. The Hall–Kier alpha value is -6.40. The van der Waals surface area contributed by atoms with Crippen LogP contribution in [0.15, 0.2) is 170 Å². The molecule has 1 aromatic heterocycles. The summed E-state index contributed by atoms with van der Waals surface area (Å²) in [7, 11) is -2.78. The van der Waals surface area contributed by atoms with Crippen LogP contribution in [0, 0.1) is 6.92 Å². The number of thiophene rings is 1. The molecule has 8 aromatic carbocycles. The minimum atomic E-state index is -2.78. The van der Waals surface area contributed by atoms with E-state index in [9.17, 15) is 0 Å². The average Bonchev–Trinajstić information content (AvgIpc) is 3.88. The second kappa shape index (κ2) is 17.6. The molecule has 0 amide bonds. The molecule has 402 valence electrons. The molecular formula is C75H79BN2SSi. The molecule has 2 nitrogen and oxygen atoms in total. The van der Waals surface area contributed by atoms with E-state index < -0.39 is 8.07 Å². The fourth-order valence-electron chi connectivity index (χ4n) is 15.9. The highest BCUT2D eigenvalue weighted by molar-refractivity contribution is 7.33. The number of anilines is 6. The van der Waals surface area contributed by atoms with Crippen molar-refractivity contribution < 1.29 is 0 Å². The predicted molar refractivity (Wildman–Crippen MR) is 350 cm³/mol. The van der Waals surface area contributed by atoms with Gasteiger partial charge in [-0.25, -0.2) is 0 Å². The number of hydrogen-bond acceptors (Lipinski definition) is 3. The van der Waals surface area contributed by atoms with Gasteiger partial charge in [0, 0.05) is 43.3 Å². The lowest BCUT2D eigenvalue weighted by atomic mass is 9.35. The summed E-state index contributed by atoms with van der Waals surface area (Å²) in [6, 6.07) is 67.6. The normalized spacial score (nSPS) is 19.3. The Kier molecular flexibility index (Phi) is 11.4. The zero-order valence-corrected chi connectivity index (χ0v) is 51.6. The minimum absolute atomic E-state index is 0.0271. The van der Waals surface area contributed by atoms with E-state index in [-0.39, 0.29) is 39.2 Å². The SMILES string of the molecule is Cc1cc2c3c(c1)N(c1ccc4c(c1)C(C)(C)CCC4(C)C)c1c(sc4cc5c(cc14)C(C)(C)CCC5(C)C)B3c1cc3c(cc1N2c1ccc([Si](c2ccccc2)(c2ccccc2)c2ccccc2)cc1)C(C)(C)CCC3(C)C. The van der Waals surface area contributed by atoms with Crippen molar-refractivity contribution in [3.05, 3.63) is 209 Å². The van der Waals surface area contributed by atoms with Crippen molar-refractivity contribution in [2.45, 2.75) is 161 Å². The molecule has 3 heterocycles. The first kappa shape index (κ1) is 51.7. The van der Waals surface area contributed by atoms with E-state index >= 15 is 0 Å². The van der Waals surface area contributed by atoms with Gasteiger partial charge >= 0.3 is 0 Å². The van der Waals surface area contributed by atoms with Crippen molar-refractivity contribution in [2.75, 3.05) is 9.80 Å². The van der Waals surface area contributed by atoms with Crippen LogP contribution in [0.25, 0.3) is 10.1 Å². The molecule has 0 N–H and O–H groups in total. The molecule has 0 fully saturated rings. The van der Waals surface area contributed by atoms with Gasteiger partial charge in [0.15, 0.2) is 8.07 Å². The van der Waals surface area contributed by atoms with Crippen molar-refractivity contribution in [3.8, 4) is 0 Å². The fourth-order valence-corrected chi connectivity index (χ4v) is 22.0. The highest BCUT2D eigenvalue weighted by Gasteiger charge is 2.50. The molecule has 5 aliphatic rings. The number of fused-ring (bicyclic) bond motifs is 9. The molecule has 0 atom stereocenters. The summed E-state index contributed by atoms with van der Waals surface area (Å²) in [4.78, 5) is 5.47. The summed E-state index contributed by atoms with van der Waals surface area (Å²) in [5.41, 5.74) is 21.4. The molecule has 0 saturated heterocycles. The van der Waals surface area contributed by atoms with E-state index in [1.165, 1.54) is 152 Å². The van der Waals surface area contributed by atoms with E-state index in [1.54, 1.807) is 0 Å². The number of rotatable bonds is 6. The Labute approximate surface area is 483 Å². The standard InChI is InChI=1S/C75H79BN2SSi/c1-48-41-64-67-65(42-48)78(50-31-34-56-57(43-50)71(4,5)36-35-70(56,2)3)68-55-44-58-61(75(12,13)40-37-72(58,6)7)47-66(55)79-69(68)76(67)62-45-59-60(74(10,11)39-38-73(59,8)9)46-63(62)77(64)49-29-32-54(33-30-49)80(51-23-17-14-18-24-51,52-25-19-15-20-26-52)53-27-21-16-22-28-53/h14-34,41-47H,35-40H2,1-13H3. The zero-order valence-electron chi connectivity index (χ0n) is 49.8. The third-order valence-corrected chi connectivity index (χ3v) is 27.0. The second-order valence-electron chi connectivity index (χ2n) is 28.9. The lowest BCUT2D eigenvalue weighted by Crippen LogP contribution is -2.74. The summed E-state index contributed by atoms with van der Waals surface area (Å²) in [6.07, 6.45) is 7.09. The van der Waals surface area contributed by atoms with E-state index in [0.29, 0.717) is 0 Å². The van der Waals surface area contributed by atoms with E-state index in [4.69, 9.17) is 0 Å². The van der Waals surface area contributed by atoms with Gasteiger partial charge in [-0.2, -0.15) is 0 Å². The fraction of sp³-hybridized carbons (Fsp3) is 0.333. The number of hydrogen-bond donors (Lipinski definition) is 0. The van der Waals surface area contributed by atoms with Crippen LogP contribution in [0.1, 0.15) is 161 Å². The molecule has 0 radical (unpaired) electrons. The maximum absolute atomic E-state index is 2.78. The average molecular weight is 1080 g/mol. The topological polar surface area (TPSA) is 6.48 Å². The van der Waals surface area contributed by atoms with Gasteiger partial charge in [0.2, 0.25) is 0 Å². The first-order chi connectivity index (χ1) is 38.0. The largest absolute Gasteiger partial charge is 0.311 e. The van der Waals surface area contributed by atoms with Crippen LogP contribution in [0.2, 0.25) is 0 Å². The lowest BCUT2D eigenvalue weighted by molar-refractivity contribution is 0.332. The summed E-state index contributed by atoms with van der Waals surface area (Å²) in [5.74, 6) is 0. The molecular weight excluding hydrogens is 1000 g/mol. The van der Waals surface area contributed by atoms with Gasteiger partial charge in [-0.15, -0.1) is 11.3 Å². The molecule has 0 unspecified atom stereocenters. The third kappa shape index (κ3) is 7.54. The summed E-state index contributed by atoms with van der Waals surface area (Å²) in [6.45, 7) is 32.3. The van der Waals surface area contributed by atoms with Crippen molar-refractivity contribution in [1.82, 2.24) is 0 Å². The summed E-state index contributed by atoms with van der Waals surface area (Å²) < 4.78 is 2.89. The molecule has 5 heteroatoms. The van der Waals surface area contributed by atoms with Gasteiger partial charge in [0.1, 0.15) is 0 Å². The Morgan fingerprint density at radius 2 is 0.800 bits per heavy atom. The smallest absolute Gasteiger partial charge is 0.264 e.